The fourth-order valence-corrected chi connectivity index (χ4v) is 4.59. The van der Waals surface area contributed by atoms with Crippen LogP contribution in [-0.2, 0) is 4.79 Å². The molecule has 1 fully saturated rings. The van der Waals surface area contributed by atoms with Gasteiger partial charge in [0, 0.05) is 40.2 Å². The average Bonchev–Trinajstić information content (AvgIpc) is 3.11. The average molecular weight is 430 g/mol. The standard InChI is InChI=1S/C20H20BrN3OS/c21-15-3-5-16(6-4-15)26-13-19(25)24-10-7-14(8-11-24)18-12-23-20-17(18)2-1-9-22-20/h1-6,9,12,14H,7-8,10-11,13H2,(H,22,23). The number of H-pyrrole nitrogens is 1. The molecule has 3 aromatic rings. The smallest absolute Gasteiger partial charge is 0.232 e. The van der Waals surface area contributed by atoms with E-state index >= 15 is 0 Å². The zero-order valence-electron chi connectivity index (χ0n) is 14.3. The second kappa shape index (κ2) is 7.84. The van der Waals surface area contributed by atoms with Crippen molar-refractivity contribution in [2.75, 3.05) is 18.8 Å². The number of rotatable bonds is 4. The molecular formula is C20H20BrN3OS. The molecule has 4 nitrogen and oxygen atoms in total. The molecule has 0 aliphatic carbocycles. The topological polar surface area (TPSA) is 49.0 Å². The van der Waals surface area contributed by atoms with Crippen LogP contribution < -0.4 is 0 Å². The molecule has 1 aliphatic heterocycles. The van der Waals surface area contributed by atoms with Gasteiger partial charge in [-0.2, -0.15) is 0 Å². The number of likely N-dealkylation sites (tertiary alicyclic amines) is 1. The summed E-state index contributed by atoms with van der Waals surface area (Å²) < 4.78 is 1.06. The van der Waals surface area contributed by atoms with Crippen molar-refractivity contribution in [1.29, 1.82) is 0 Å². The molecule has 6 heteroatoms. The van der Waals surface area contributed by atoms with Crippen molar-refractivity contribution < 1.29 is 4.79 Å². The summed E-state index contributed by atoms with van der Waals surface area (Å²) in [6.45, 7) is 1.66. The van der Waals surface area contributed by atoms with E-state index in [0.717, 1.165) is 40.9 Å². The van der Waals surface area contributed by atoms with Gasteiger partial charge in [-0.1, -0.05) is 15.9 Å². The minimum absolute atomic E-state index is 0.233. The number of pyridine rings is 1. The van der Waals surface area contributed by atoms with Gasteiger partial charge in [-0.25, -0.2) is 4.98 Å². The third-order valence-corrected chi connectivity index (χ3v) is 6.47. The number of fused-ring (bicyclic) bond motifs is 1. The summed E-state index contributed by atoms with van der Waals surface area (Å²) >= 11 is 5.04. The van der Waals surface area contributed by atoms with Crippen LogP contribution in [0.2, 0.25) is 0 Å². The molecule has 1 aromatic carbocycles. The van der Waals surface area contributed by atoms with Crippen LogP contribution in [0.4, 0.5) is 0 Å². The van der Waals surface area contributed by atoms with Gasteiger partial charge in [0.05, 0.1) is 5.75 Å². The van der Waals surface area contributed by atoms with Crippen LogP contribution in [0.5, 0.6) is 0 Å². The lowest BCUT2D eigenvalue weighted by atomic mass is 9.89. The van der Waals surface area contributed by atoms with Crippen LogP contribution in [-0.4, -0.2) is 39.6 Å². The SMILES string of the molecule is O=C(CSc1ccc(Br)cc1)N1CCC(c2c[nH]c3ncccc23)CC1. The number of piperidine rings is 1. The summed E-state index contributed by atoms with van der Waals surface area (Å²) in [6.07, 6.45) is 5.92. The second-order valence-electron chi connectivity index (χ2n) is 6.54. The highest BCUT2D eigenvalue weighted by Gasteiger charge is 2.25. The van der Waals surface area contributed by atoms with Gasteiger partial charge in [0.25, 0.3) is 0 Å². The normalized spacial score (nSPS) is 15.5. The highest BCUT2D eigenvalue weighted by Crippen LogP contribution is 2.33. The maximum atomic E-state index is 12.5. The molecule has 1 amide bonds. The van der Waals surface area contributed by atoms with Crippen LogP contribution >= 0.6 is 27.7 Å². The first-order valence-electron chi connectivity index (χ1n) is 8.79. The molecule has 0 spiro atoms. The highest BCUT2D eigenvalue weighted by atomic mass is 79.9. The number of thioether (sulfide) groups is 1. The Kier molecular flexibility index (Phi) is 5.31. The highest BCUT2D eigenvalue weighted by molar-refractivity contribution is 9.10. The molecule has 4 rings (SSSR count). The van der Waals surface area contributed by atoms with Crippen LogP contribution in [0.15, 0.2) is 58.2 Å². The lowest BCUT2D eigenvalue weighted by Crippen LogP contribution is -2.38. The van der Waals surface area contributed by atoms with E-state index in [-0.39, 0.29) is 5.91 Å². The van der Waals surface area contributed by atoms with Crippen LogP contribution in [0.1, 0.15) is 24.3 Å². The van der Waals surface area contributed by atoms with Crippen molar-refractivity contribution in [2.45, 2.75) is 23.7 Å². The Morgan fingerprint density at radius 1 is 1.23 bits per heavy atom. The number of nitrogens with zero attached hydrogens (tertiary/aromatic N) is 2. The van der Waals surface area contributed by atoms with Gasteiger partial charge in [-0.05, 0) is 60.7 Å². The zero-order valence-corrected chi connectivity index (χ0v) is 16.7. The number of aromatic amines is 1. The Balaban J connectivity index is 1.33. The van der Waals surface area contributed by atoms with Gasteiger partial charge in [-0.15, -0.1) is 11.8 Å². The summed E-state index contributed by atoms with van der Waals surface area (Å²) in [5, 5.41) is 1.21. The lowest BCUT2D eigenvalue weighted by molar-refractivity contribution is -0.129. The predicted molar refractivity (Wildman–Crippen MR) is 110 cm³/mol. The van der Waals surface area contributed by atoms with Gasteiger partial charge in [0.2, 0.25) is 5.91 Å². The molecule has 1 aliphatic rings. The Bertz CT molecular complexity index is 901. The quantitative estimate of drug-likeness (QED) is 0.604. The van der Waals surface area contributed by atoms with Crippen molar-refractivity contribution in [3.63, 3.8) is 0 Å². The molecular weight excluding hydrogens is 410 g/mol. The molecule has 0 atom stereocenters. The molecule has 0 radical (unpaired) electrons. The van der Waals surface area contributed by atoms with Crippen molar-refractivity contribution in [3.05, 3.63) is 58.8 Å². The number of hydrogen-bond acceptors (Lipinski definition) is 3. The summed E-state index contributed by atoms with van der Waals surface area (Å²) in [5.74, 6) is 1.23. The number of halogens is 1. The van der Waals surface area contributed by atoms with Crippen LogP contribution in [0.25, 0.3) is 11.0 Å². The van der Waals surface area contributed by atoms with Gasteiger partial charge >= 0.3 is 0 Å². The van der Waals surface area contributed by atoms with Crippen molar-refractivity contribution in [1.82, 2.24) is 14.9 Å². The van der Waals surface area contributed by atoms with E-state index in [4.69, 9.17) is 0 Å². The number of nitrogens with one attached hydrogen (secondary N) is 1. The molecule has 0 bridgehead atoms. The Hall–Kier alpha value is -1.79. The molecule has 3 heterocycles. The third-order valence-electron chi connectivity index (χ3n) is 4.95. The number of amides is 1. The largest absolute Gasteiger partial charge is 0.346 e. The minimum Gasteiger partial charge on any atom is -0.346 e. The Labute approximate surface area is 165 Å². The molecule has 134 valence electrons. The first kappa shape index (κ1) is 17.6. The number of hydrogen-bond donors (Lipinski definition) is 1. The maximum absolute atomic E-state index is 12.5. The number of carbonyl (C=O) groups excluding carboxylic acids is 1. The number of benzene rings is 1. The van der Waals surface area contributed by atoms with Crippen molar-refractivity contribution in [2.24, 2.45) is 0 Å². The minimum atomic E-state index is 0.233. The van der Waals surface area contributed by atoms with E-state index in [2.05, 4.69) is 38.2 Å². The first-order chi connectivity index (χ1) is 12.7. The molecule has 0 unspecified atom stereocenters. The van der Waals surface area contributed by atoms with E-state index < -0.39 is 0 Å². The number of aromatic nitrogens is 2. The summed E-state index contributed by atoms with van der Waals surface area (Å²) in [7, 11) is 0. The van der Waals surface area contributed by atoms with Gasteiger partial charge in [0.1, 0.15) is 5.65 Å². The zero-order chi connectivity index (χ0) is 17.9. The molecule has 1 N–H and O–H groups in total. The Morgan fingerprint density at radius 3 is 2.77 bits per heavy atom. The monoisotopic (exact) mass is 429 g/mol. The van der Waals surface area contributed by atoms with E-state index in [1.165, 1.54) is 10.9 Å². The van der Waals surface area contributed by atoms with E-state index in [0.29, 0.717) is 11.7 Å². The van der Waals surface area contributed by atoms with E-state index in [9.17, 15) is 4.79 Å². The number of carbonyl (C=O) groups is 1. The van der Waals surface area contributed by atoms with Gasteiger partial charge < -0.3 is 9.88 Å². The van der Waals surface area contributed by atoms with E-state index in [1.54, 1.807) is 11.8 Å². The summed E-state index contributed by atoms with van der Waals surface area (Å²) in [5.41, 5.74) is 2.29. The third kappa shape index (κ3) is 3.81. The molecule has 2 aromatic heterocycles. The summed E-state index contributed by atoms with van der Waals surface area (Å²) in [6, 6.07) is 12.2. The predicted octanol–water partition coefficient (Wildman–Crippen LogP) is 4.82. The Morgan fingerprint density at radius 2 is 2.00 bits per heavy atom. The van der Waals surface area contributed by atoms with Crippen LogP contribution in [0, 0.1) is 0 Å². The van der Waals surface area contributed by atoms with Gasteiger partial charge in [0.15, 0.2) is 0 Å². The lowest BCUT2D eigenvalue weighted by Gasteiger charge is -2.32. The fraction of sp³-hybridized carbons (Fsp3) is 0.300. The molecule has 1 saturated heterocycles. The fourth-order valence-electron chi connectivity index (χ4n) is 3.52. The second-order valence-corrected chi connectivity index (χ2v) is 8.51. The first-order valence-corrected chi connectivity index (χ1v) is 10.6. The van der Waals surface area contributed by atoms with Crippen LogP contribution in [0.3, 0.4) is 0 Å². The van der Waals surface area contributed by atoms with Crippen molar-refractivity contribution in [3.8, 4) is 0 Å². The maximum Gasteiger partial charge on any atom is 0.232 e. The van der Waals surface area contributed by atoms with Crippen molar-refractivity contribution >= 4 is 44.6 Å². The van der Waals surface area contributed by atoms with Gasteiger partial charge in [-0.3, -0.25) is 4.79 Å². The molecule has 0 saturated carbocycles. The summed E-state index contributed by atoms with van der Waals surface area (Å²) in [4.78, 5) is 23.3. The van der Waals surface area contributed by atoms with E-state index in [1.807, 2.05) is 41.4 Å². The molecule has 26 heavy (non-hydrogen) atoms.